The number of hydrogen-bond donors (Lipinski definition) is 1. The predicted octanol–water partition coefficient (Wildman–Crippen LogP) is 4.71. The molecule has 2 aromatic carbocycles. The van der Waals surface area contributed by atoms with E-state index in [1.807, 2.05) is 66.9 Å². The summed E-state index contributed by atoms with van der Waals surface area (Å²) in [5, 5.41) is 3.34. The molecular formula is C30H34N2O3. The Morgan fingerprint density at radius 2 is 1.83 bits per heavy atom. The fourth-order valence-corrected chi connectivity index (χ4v) is 4.39. The molecule has 2 heterocycles. The van der Waals surface area contributed by atoms with Gasteiger partial charge in [-0.3, -0.25) is 4.79 Å². The van der Waals surface area contributed by atoms with E-state index in [0.29, 0.717) is 24.8 Å². The maximum Gasteiger partial charge on any atom is 0.254 e. The largest absolute Gasteiger partial charge is 0.493 e. The van der Waals surface area contributed by atoms with Crippen LogP contribution in [0.1, 0.15) is 48.2 Å². The number of nitrogens with zero attached hydrogens (tertiary/aromatic N) is 1. The van der Waals surface area contributed by atoms with Gasteiger partial charge in [0, 0.05) is 37.1 Å². The van der Waals surface area contributed by atoms with E-state index in [0.717, 1.165) is 49.4 Å². The molecule has 35 heavy (non-hydrogen) atoms. The molecule has 1 N–H and O–H groups in total. The molecule has 0 saturated carbocycles. The van der Waals surface area contributed by atoms with E-state index in [-0.39, 0.29) is 11.6 Å². The van der Waals surface area contributed by atoms with Crippen LogP contribution in [-0.4, -0.2) is 30.9 Å². The summed E-state index contributed by atoms with van der Waals surface area (Å²) in [7, 11) is 0. The number of hydrogen-bond acceptors (Lipinski definition) is 4. The van der Waals surface area contributed by atoms with E-state index in [4.69, 9.17) is 9.47 Å². The van der Waals surface area contributed by atoms with Crippen molar-refractivity contribution in [3.05, 3.63) is 99.5 Å². The summed E-state index contributed by atoms with van der Waals surface area (Å²) in [6.07, 6.45) is 2.02. The Labute approximate surface area is 208 Å². The summed E-state index contributed by atoms with van der Waals surface area (Å²) in [6.45, 7) is 7.66. The van der Waals surface area contributed by atoms with Crippen molar-refractivity contribution < 1.29 is 9.47 Å². The van der Waals surface area contributed by atoms with Crippen molar-refractivity contribution >= 4 is 0 Å². The Morgan fingerprint density at radius 3 is 2.54 bits per heavy atom. The van der Waals surface area contributed by atoms with Gasteiger partial charge in [-0.2, -0.15) is 0 Å². The molecule has 1 aromatic heterocycles. The number of benzene rings is 2. The van der Waals surface area contributed by atoms with Crippen LogP contribution in [0.3, 0.4) is 0 Å². The van der Waals surface area contributed by atoms with E-state index in [1.54, 1.807) is 6.07 Å². The van der Waals surface area contributed by atoms with Crippen LogP contribution in [0.2, 0.25) is 0 Å². The van der Waals surface area contributed by atoms with Crippen molar-refractivity contribution in [2.24, 2.45) is 5.92 Å². The first-order chi connectivity index (χ1) is 17.1. The molecule has 5 nitrogen and oxygen atoms in total. The van der Waals surface area contributed by atoms with Crippen LogP contribution in [0.15, 0.2) is 71.5 Å². The van der Waals surface area contributed by atoms with Crippen molar-refractivity contribution in [3.8, 4) is 17.6 Å². The number of ether oxygens (including phenoxy) is 2. The minimum absolute atomic E-state index is 0.0483. The summed E-state index contributed by atoms with van der Waals surface area (Å²) in [4.78, 5) is 12.9. The molecule has 0 spiro atoms. The van der Waals surface area contributed by atoms with Crippen LogP contribution in [0.25, 0.3) is 0 Å². The predicted molar refractivity (Wildman–Crippen MR) is 140 cm³/mol. The van der Waals surface area contributed by atoms with Crippen LogP contribution < -0.4 is 15.6 Å². The number of nitrogens with one attached hydrogen (secondary N) is 1. The summed E-state index contributed by atoms with van der Waals surface area (Å²) in [6, 6.07) is 21.9. The minimum atomic E-state index is -0.0819. The lowest BCUT2D eigenvalue weighted by Crippen LogP contribution is -2.26. The molecule has 1 fully saturated rings. The second kappa shape index (κ2) is 12.4. The highest BCUT2D eigenvalue weighted by Crippen LogP contribution is 2.22. The Balaban J connectivity index is 1.34. The number of pyridine rings is 1. The van der Waals surface area contributed by atoms with Crippen LogP contribution in [0.5, 0.6) is 5.75 Å². The van der Waals surface area contributed by atoms with E-state index in [9.17, 15) is 4.79 Å². The monoisotopic (exact) mass is 470 g/mol. The van der Waals surface area contributed by atoms with Crippen molar-refractivity contribution in [3.63, 3.8) is 0 Å². The molecule has 1 atom stereocenters. The van der Waals surface area contributed by atoms with Gasteiger partial charge in [0.25, 0.3) is 5.56 Å². The van der Waals surface area contributed by atoms with Gasteiger partial charge in [0.2, 0.25) is 0 Å². The summed E-state index contributed by atoms with van der Waals surface area (Å²) < 4.78 is 13.2. The zero-order chi connectivity index (χ0) is 24.5. The van der Waals surface area contributed by atoms with Crippen LogP contribution in [-0.2, 0) is 11.3 Å². The second-order valence-electron chi connectivity index (χ2n) is 9.10. The molecule has 182 valence electrons. The first kappa shape index (κ1) is 24.8. The average Bonchev–Trinajstić information content (AvgIpc) is 2.88. The third kappa shape index (κ3) is 7.08. The fraction of sp³-hybridized carbons (Fsp3) is 0.367. The van der Waals surface area contributed by atoms with Crippen molar-refractivity contribution in [2.45, 2.75) is 39.3 Å². The SMILES string of the molecule is Cc1cc(OCC2CCOCC2)cc(=O)n1[C@@H](C)c1ccc(C#CCNCc2ccccc2)cc1. The third-order valence-electron chi connectivity index (χ3n) is 6.46. The molecule has 3 aromatic rings. The molecule has 1 aliphatic rings. The normalized spacial score (nSPS) is 14.7. The molecular weight excluding hydrogens is 436 g/mol. The molecule has 0 radical (unpaired) electrons. The van der Waals surface area contributed by atoms with Gasteiger partial charge in [0.05, 0.1) is 19.2 Å². The van der Waals surface area contributed by atoms with E-state index in [2.05, 4.69) is 29.3 Å². The summed E-state index contributed by atoms with van der Waals surface area (Å²) in [5.41, 5.74) is 4.12. The van der Waals surface area contributed by atoms with Gasteiger partial charge in [-0.15, -0.1) is 0 Å². The van der Waals surface area contributed by atoms with Gasteiger partial charge in [-0.1, -0.05) is 54.3 Å². The van der Waals surface area contributed by atoms with Gasteiger partial charge in [-0.05, 0) is 61.9 Å². The zero-order valence-corrected chi connectivity index (χ0v) is 20.6. The lowest BCUT2D eigenvalue weighted by atomic mass is 10.0. The van der Waals surface area contributed by atoms with E-state index in [1.165, 1.54) is 5.56 Å². The Morgan fingerprint density at radius 1 is 1.09 bits per heavy atom. The Kier molecular flexibility index (Phi) is 8.78. The fourth-order valence-electron chi connectivity index (χ4n) is 4.39. The zero-order valence-electron chi connectivity index (χ0n) is 20.6. The maximum absolute atomic E-state index is 12.9. The molecule has 0 aliphatic carbocycles. The number of aryl methyl sites for hydroxylation is 1. The average molecular weight is 471 g/mol. The molecule has 0 bridgehead atoms. The first-order valence-corrected chi connectivity index (χ1v) is 12.4. The highest BCUT2D eigenvalue weighted by atomic mass is 16.5. The lowest BCUT2D eigenvalue weighted by molar-refractivity contribution is 0.0497. The van der Waals surface area contributed by atoms with Crippen LogP contribution in [0.4, 0.5) is 0 Å². The number of rotatable bonds is 8. The molecule has 5 heteroatoms. The van der Waals surface area contributed by atoms with Gasteiger partial charge in [0.1, 0.15) is 5.75 Å². The number of aromatic nitrogens is 1. The standard InChI is InChI=1S/C30H34N2O3/c1-23-19-29(35-22-27-14-17-34-18-15-27)20-30(33)32(23)24(2)28-12-10-25(11-13-28)9-6-16-31-21-26-7-4-3-5-8-26/h3-5,7-8,10-13,19-20,24,27,31H,14-18,21-22H2,1-2H3/t24-/m0/s1. The van der Waals surface area contributed by atoms with Crippen molar-refractivity contribution in [2.75, 3.05) is 26.4 Å². The van der Waals surface area contributed by atoms with Crippen molar-refractivity contribution in [1.82, 2.24) is 9.88 Å². The molecule has 0 amide bonds. The third-order valence-corrected chi connectivity index (χ3v) is 6.46. The molecule has 4 rings (SSSR count). The Hall–Kier alpha value is -3.33. The second-order valence-corrected chi connectivity index (χ2v) is 9.10. The Bertz CT molecular complexity index is 1200. The van der Waals surface area contributed by atoms with E-state index < -0.39 is 0 Å². The van der Waals surface area contributed by atoms with Crippen LogP contribution in [0, 0.1) is 24.7 Å². The molecule has 1 aliphatic heterocycles. The van der Waals surface area contributed by atoms with E-state index >= 15 is 0 Å². The maximum atomic E-state index is 12.9. The smallest absolute Gasteiger partial charge is 0.254 e. The summed E-state index contributed by atoms with van der Waals surface area (Å²) >= 11 is 0. The van der Waals surface area contributed by atoms with Gasteiger partial charge in [0.15, 0.2) is 0 Å². The highest BCUT2D eigenvalue weighted by molar-refractivity contribution is 5.37. The lowest BCUT2D eigenvalue weighted by Gasteiger charge is -2.23. The highest BCUT2D eigenvalue weighted by Gasteiger charge is 2.16. The van der Waals surface area contributed by atoms with Gasteiger partial charge < -0.3 is 19.4 Å². The van der Waals surface area contributed by atoms with Gasteiger partial charge in [-0.25, -0.2) is 0 Å². The first-order valence-electron chi connectivity index (χ1n) is 12.4. The quantitative estimate of drug-likeness (QED) is 0.383. The minimum Gasteiger partial charge on any atom is -0.493 e. The molecule has 0 unspecified atom stereocenters. The van der Waals surface area contributed by atoms with Gasteiger partial charge >= 0.3 is 0 Å². The molecule has 1 saturated heterocycles. The topological polar surface area (TPSA) is 52.5 Å². The summed E-state index contributed by atoms with van der Waals surface area (Å²) in [5.74, 6) is 7.52. The van der Waals surface area contributed by atoms with Crippen molar-refractivity contribution in [1.29, 1.82) is 0 Å². The van der Waals surface area contributed by atoms with Crippen LogP contribution >= 0.6 is 0 Å².